The fourth-order valence-corrected chi connectivity index (χ4v) is 1.77. The van der Waals surface area contributed by atoms with Crippen molar-refractivity contribution in [2.45, 2.75) is 38.5 Å². The molecule has 0 fully saturated rings. The van der Waals surface area contributed by atoms with Crippen molar-refractivity contribution in [2.75, 3.05) is 6.26 Å². The zero-order chi connectivity index (χ0) is 11.9. The second kappa shape index (κ2) is 3.59. The van der Waals surface area contributed by atoms with E-state index in [9.17, 15) is 8.42 Å². The number of hydrogen-bond donors (Lipinski definition) is 0. The Morgan fingerprint density at radius 1 is 1.40 bits per heavy atom. The summed E-state index contributed by atoms with van der Waals surface area (Å²) in [5.41, 5.74) is -0.211. The van der Waals surface area contributed by atoms with Gasteiger partial charge in [-0.15, -0.1) is 10.2 Å². The molecule has 6 heteroatoms. The second-order valence-corrected chi connectivity index (χ2v) is 7.07. The molecular formula is C9H17N3O2S. The molecule has 0 N–H and O–H groups in total. The average Bonchev–Trinajstić information content (AvgIpc) is 2.47. The van der Waals surface area contributed by atoms with Gasteiger partial charge in [-0.05, 0) is 27.7 Å². The van der Waals surface area contributed by atoms with Crippen molar-refractivity contribution in [1.29, 1.82) is 0 Å². The Balaban J connectivity index is 3.23. The van der Waals surface area contributed by atoms with Crippen molar-refractivity contribution in [1.82, 2.24) is 14.8 Å². The van der Waals surface area contributed by atoms with Gasteiger partial charge in [-0.2, -0.15) is 0 Å². The Hall–Kier alpha value is -0.910. The summed E-state index contributed by atoms with van der Waals surface area (Å²) < 4.78 is 24.6. The van der Waals surface area contributed by atoms with Crippen molar-refractivity contribution >= 4 is 9.84 Å². The van der Waals surface area contributed by atoms with E-state index in [1.807, 2.05) is 20.8 Å². The molecule has 0 saturated heterocycles. The standard InChI is InChI=1S/C9H17N3O2S/c1-7(15(5,13)14)8-11-10-6-12(8)9(2,3)4/h6-7H,1-5H3. The van der Waals surface area contributed by atoms with E-state index in [2.05, 4.69) is 10.2 Å². The summed E-state index contributed by atoms with van der Waals surface area (Å²) in [5.74, 6) is 0.491. The third-order valence-electron chi connectivity index (χ3n) is 2.30. The van der Waals surface area contributed by atoms with E-state index < -0.39 is 15.1 Å². The largest absolute Gasteiger partial charge is 0.311 e. The van der Waals surface area contributed by atoms with Crippen LogP contribution in [0.1, 0.15) is 38.8 Å². The molecule has 1 heterocycles. The molecule has 1 rings (SSSR count). The van der Waals surface area contributed by atoms with Gasteiger partial charge in [-0.3, -0.25) is 0 Å². The molecule has 1 aromatic heterocycles. The van der Waals surface area contributed by atoms with Crippen LogP contribution < -0.4 is 0 Å². The maximum Gasteiger partial charge on any atom is 0.157 e. The first-order chi connectivity index (χ1) is 6.64. The maximum atomic E-state index is 11.4. The molecule has 1 aromatic rings. The average molecular weight is 231 g/mol. The molecule has 0 bridgehead atoms. The molecule has 0 aromatic carbocycles. The highest BCUT2D eigenvalue weighted by Gasteiger charge is 2.27. The van der Waals surface area contributed by atoms with Gasteiger partial charge in [0.15, 0.2) is 15.7 Å². The summed E-state index contributed by atoms with van der Waals surface area (Å²) in [4.78, 5) is 0. The fourth-order valence-electron chi connectivity index (χ4n) is 1.23. The van der Waals surface area contributed by atoms with Crippen LogP contribution in [0.25, 0.3) is 0 Å². The Bertz CT molecular complexity index is 442. The lowest BCUT2D eigenvalue weighted by Crippen LogP contribution is -2.26. The zero-order valence-corrected chi connectivity index (χ0v) is 10.5. The highest BCUT2D eigenvalue weighted by atomic mass is 32.2. The van der Waals surface area contributed by atoms with Crippen LogP contribution in [-0.4, -0.2) is 29.4 Å². The smallest absolute Gasteiger partial charge is 0.157 e. The van der Waals surface area contributed by atoms with E-state index in [0.29, 0.717) is 5.82 Å². The summed E-state index contributed by atoms with van der Waals surface area (Å²) in [6.45, 7) is 7.57. The van der Waals surface area contributed by atoms with Crippen LogP contribution in [0, 0.1) is 0 Å². The van der Waals surface area contributed by atoms with Crippen LogP contribution >= 0.6 is 0 Å². The molecule has 0 aliphatic rings. The number of sulfone groups is 1. The predicted octanol–water partition coefficient (Wildman–Crippen LogP) is 1.14. The van der Waals surface area contributed by atoms with E-state index in [1.165, 1.54) is 6.26 Å². The molecule has 1 unspecified atom stereocenters. The molecule has 0 amide bonds. The van der Waals surface area contributed by atoms with Crippen LogP contribution in [0.2, 0.25) is 0 Å². The van der Waals surface area contributed by atoms with E-state index in [-0.39, 0.29) is 5.54 Å². The SMILES string of the molecule is CC(c1nncn1C(C)(C)C)S(C)(=O)=O. The molecule has 0 saturated carbocycles. The molecule has 86 valence electrons. The molecule has 0 spiro atoms. The van der Waals surface area contributed by atoms with E-state index in [1.54, 1.807) is 17.8 Å². The van der Waals surface area contributed by atoms with Gasteiger partial charge in [0.25, 0.3) is 0 Å². The second-order valence-electron chi connectivity index (χ2n) is 4.70. The van der Waals surface area contributed by atoms with Crippen molar-refractivity contribution in [3.8, 4) is 0 Å². The van der Waals surface area contributed by atoms with E-state index >= 15 is 0 Å². The monoisotopic (exact) mass is 231 g/mol. The van der Waals surface area contributed by atoms with Crippen LogP contribution in [0.15, 0.2) is 6.33 Å². The minimum atomic E-state index is -3.13. The van der Waals surface area contributed by atoms with Crippen molar-refractivity contribution in [2.24, 2.45) is 0 Å². The lowest BCUT2D eigenvalue weighted by atomic mass is 10.1. The summed E-state index contributed by atoms with van der Waals surface area (Å²) in [6, 6.07) is 0. The number of aromatic nitrogens is 3. The van der Waals surface area contributed by atoms with E-state index in [0.717, 1.165) is 0 Å². The minimum Gasteiger partial charge on any atom is -0.311 e. The van der Waals surface area contributed by atoms with E-state index in [4.69, 9.17) is 0 Å². The minimum absolute atomic E-state index is 0.211. The van der Waals surface area contributed by atoms with Crippen molar-refractivity contribution in [3.63, 3.8) is 0 Å². The quantitative estimate of drug-likeness (QED) is 0.765. The molecule has 0 aliphatic heterocycles. The highest BCUT2D eigenvalue weighted by Crippen LogP contribution is 2.23. The molecule has 0 radical (unpaired) electrons. The Kier molecular flexibility index (Phi) is 2.91. The molecule has 0 aliphatic carbocycles. The van der Waals surface area contributed by atoms with Crippen LogP contribution in [0.5, 0.6) is 0 Å². The number of rotatable bonds is 2. The first kappa shape index (κ1) is 12.2. The first-order valence-electron chi connectivity index (χ1n) is 4.73. The number of hydrogen-bond acceptors (Lipinski definition) is 4. The number of nitrogens with zero attached hydrogens (tertiary/aromatic N) is 3. The van der Waals surface area contributed by atoms with Crippen LogP contribution in [0.3, 0.4) is 0 Å². The lowest BCUT2D eigenvalue weighted by molar-refractivity contribution is 0.381. The summed E-state index contributed by atoms with van der Waals surface area (Å²) in [7, 11) is -3.13. The third kappa shape index (κ3) is 2.56. The van der Waals surface area contributed by atoms with Gasteiger partial charge in [0, 0.05) is 11.8 Å². The third-order valence-corrected chi connectivity index (χ3v) is 3.80. The highest BCUT2D eigenvalue weighted by molar-refractivity contribution is 7.90. The van der Waals surface area contributed by atoms with Gasteiger partial charge < -0.3 is 4.57 Å². The molecule has 15 heavy (non-hydrogen) atoms. The molecular weight excluding hydrogens is 214 g/mol. The Morgan fingerprint density at radius 3 is 2.33 bits per heavy atom. The first-order valence-corrected chi connectivity index (χ1v) is 6.69. The molecule has 1 atom stereocenters. The van der Waals surface area contributed by atoms with Gasteiger partial charge >= 0.3 is 0 Å². The van der Waals surface area contributed by atoms with Gasteiger partial charge in [0.05, 0.1) is 0 Å². The predicted molar refractivity (Wildman–Crippen MR) is 58.3 cm³/mol. The van der Waals surface area contributed by atoms with Gasteiger partial charge in [0.1, 0.15) is 11.6 Å². The topological polar surface area (TPSA) is 64.8 Å². The summed E-state index contributed by atoms with van der Waals surface area (Å²) in [5, 5.41) is 7.03. The molecule has 5 nitrogen and oxygen atoms in total. The lowest BCUT2D eigenvalue weighted by Gasteiger charge is -2.23. The van der Waals surface area contributed by atoms with Crippen molar-refractivity contribution < 1.29 is 8.42 Å². The van der Waals surface area contributed by atoms with Gasteiger partial charge in [0.2, 0.25) is 0 Å². The van der Waals surface area contributed by atoms with Gasteiger partial charge in [-0.1, -0.05) is 0 Å². The fraction of sp³-hybridized carbons (Fsp3) is 0.778. The normalized spacial score (nSPS) is 15.3. The van der Waals surface area contributed by atoms with Crippen LogP contribution in [-0.2, 0) is 15.4 Å². The maximum absolute atomic E-state index is 11.4. The Labute approximate surface area is 90.4 Å². The summed E-state index contributed by atoms with van der Waals surface area (Å²) in [6.07, 6.45) is 2.77. The van der Waals surface area contributed by atoms with Crippen molar-refractivity contribution in [3.05, 3.63) is 12.2 Å². The van der Waals surface area contributed by atoms with Gasteiger partial charge in [-0.25, -0.2) is 8.42 Å². The Morgan fingerprint density at radius 2 is 1.93 bits per heavy atom. The summed E-state index contributed by atoms with van der Waals surface area (Å²) >= 11 is 0. The zero-order valence-electron chi connectivity index (χ0n) is 9.72. The van der Waals surface area contributed by atoms with Crippen LogP contribution in [0.4, 0.5) is 0 Å².